The zero-order valence-electron chi connectivity index (χ0n) is 6.89. The Balaban J connectivity index is 3.73. The maximum absolute atomic E-state index is 11.0. The summed E-state index contributed by atoms with van der Waals surface area (Å²) >= 11 is 0. The topological polar surface area (TPSA) is 72.2 Å². The van der Waals surface area contributed by atoms with Gasteiger partial charge in [-0.3, -0.25) is 9.59 Å². The smallest absolute Gasteiger partial charge is 0.223 e. The first-order valence-corrected chi connectivity index (χ1v) is 3.64. The van der Waals surface area contributed by atoms with E-state index in [1.807, 2.05) is 6.92 Å². The normalized spacial score (nSPS) is 12.2. The lowest BCUT2D eigenvalue weighted by Crippen LogP contribution is -2.31. The van der Waals surface area contributed by atoms with Crippen LogP contribution in [-0.2, 0) is 9.59 Å². The van der Waals surface area contributed by atoms with Crippen molar-refractivity contribution in [1.29, 1.82) is 0 Å². The van der Waals surface area contributed by atoms with Gasteiger partial charge in [0.25, 0.3) is 0 Å². The van der Waals surface area contributed by atoms with Gasteiger partial charge in [0, 0.05) is 18.9 Å². The summed E-state index contributed by atoms with van der Waals surface area (Å²) in [6.45, 7) is 4.09. The lowest BCUT2D eigenvalue weighted by atomic mass is 10.1. The van der Waals surface area contributed by atoms with Gasteiger partial charge in [0.15, 0.2) is 0 Å². The van der Waals surface area contributed by atoms with Crippen LogP contribution in [0.5, 0.6) is 0 Å². The lowest BCUT2D eigenvalue weighted by molar-refractivity contribution is -0.128. The van der Waals surface area contributed by atoms with E-state index in [0.29, 0.717) is 6.54 Å². The Kier molecular flexibility index (Phi) is 4.26. The first kappa shape index (κ1) is 9.94. The molecule has 3 N–H and O–H groups in total. The minimum Gasteiger partial charge on any atom is -0.370 e. The highest BCUT2D eigenvalue weighted by Crippen LogP contribution is 1.99. The Bertz CT molecular complexity index is 157. The quantitative estimate of drug-likeness (QED) is 0.586. The molecule has 0 saturated heterocycles. The summed E-state index contributed by atoms with van der Waals surface area (Å²) in [6, 6.07) is 0. The highest BCUT2D eigenvalue weighted by Gasteiger charge is 2.13. The summed E-state index contributed by atoms with van der Waals surface area (Å²) in [7, 11) is 0. The Labute approximate surface area is 66.1 Å². The van der Waals surface area contributed by atoms with E-state index in [9.17, 15) is 9.59 Å². The van der Waals surface area contributed by atoms with Crippen LogP contribution in [0.4, 0.5) is 0 Å². The minimum atomic E-state index is -0.441. The number of rotatable bonds is 4. The number of nitrogens with one attached hydrogen (secondary N) is 1. The molecule has 0 rings (SSSR count). The third-order valence-electron chi connectivity index (χ3n) is 1.31. The fourth-order valence-electron chi connectivity index (χ4n) is 0.743. The van der Waals surface area contributed by atoms with Gasteiger partial charge in [-0.1, -0.05) is 6.92 Å². The summed E-state index contributed by atoms with van der Waals surface area (Å²) in [6.07, 6.45) is 0.117. The van der Waals surface area contributed by atoms with Crippen LogP contribution in [0.1, 0.15) is 20.3 Å². The third kappa shape index (κ3) is 4.36. The molecule has 4 heteroatoms. The van der Waals surface area contributed by atoms with Gasteiger partial charge >= 0.3 is 0 Å². The number of carbonyl (C=O) groups is 2. The van der Waals surface area contributed by atoms with E-state index < -0.39 is 5.91 Å². The lowest BCUT2D eigenvalue weighted by Gasteiger charge is -2.07. The van der Waals surface area contributed by atoms with Crippen molar-refractivity contribution >= 4 is 11.8 Å². The highest BCUT2D eigenvalue weighted by atomic mass is 16.2. The third-order valence-corrected chi connectivity index (χ3v) is 1.31. The average molecular weight is 158 g/mol. The van der Waals surface area contributed by atoms with Crippen molar-refractivity contribution in [3.8, 4) is 0 Å². The predicted molar refractivity (Wildman–Crippen MR) is 41.7 cm³/mol. The average Bonchev–Trinajstić information content (AvgIpc) is 1.86. The van der Waals surface area contributed by atoms with E-state index >= 15 is 0 Å². The van der Waals surface area contributed by atoms with Crippen molar-refractivity contribution in [1.82, 2.24) is 5.32 Å². The van der Waals surface area contributed by atoms with Crippen LogP contribution in [0.3, 0.4) is 0 Å². The van der Waals surface area contributed by atoms with Crippen LogP contribution in [0, 0.1) is 5.92 Å². The second kappa shape index (κ2) is 4.71. The van der Waals surface area contributed by atoms with Crippen LogP contribution in [-0.4, -0.2) is 18.4 Å². The Morgan fingerprint density at radius 2 is 2.09 bits per heavy atom. The SMILES string of the molecule is CCNC(=O)C(C)CC(N)=O. The van der Waals surface area contributed by atoms with Crippen molar-refractivity contribution in [3.63, 3.8) is 0 Å². The summed E-state index contributed by atoms with van der Waals surface area (Å²) in [5.41, 5.74) is 4.91. The van der Waals surface area contributed by atoms with Crippen LogP contribution in [0.2, 0.25) is 0 Å². The van der Waals surface area contributed by atoms with Crippen molar-refractivity contribution in [2.24, 2.45) is 11.7 Å². The zero-order valence-corrected chi connectivity index (χ0v) is 6.89. The van der Waals surface area contributed by atoms with Gasteiger partial charge < -0.3 is 11.1 Å². The second-order valence-corrected chi connectivity index (χ2v) is 2.47. The Morgan fingerprint density at radius 1 is 1.55 bits per heavy atom. The number of amides is 2. The molecule has 0 heterocycles. The van der Waals surface area contributed by atoms with Gasteiger partial charge in [0.1, 0.15) is 0 Å². The molecule has 0 fully saturated rings. The number of hydrogen-bond acceptors (Lipinski definition) is 2. The number of nitrogens with two attached hydrogens (primary N) is 1. The van der Waals surface area contributed by atoms with Crippen LogP contribution in [0.25, 0.3) is 0 Å². The molecule has 0 spiro atoms. The summed E-state index contributed by atoms with van der Waals surface area (Å²) in [5, 5.41) is 2.60. The maximum Gasteiger partial charge on any atom is 0.223 e. The van der Waals surface area contributed by atoms with E-state index in [-0.39, 0.29) is 18.2 Å². The van der Waals surface area contributed by atoms with Gasteiger partial charge in [-0.15, -0.1) is 0 Å². The monoisotopic (exact) mass is 158 g/mol. The molecule has 1 unspecified atom stereocenters. The molecule has 1 atom stereocenters. The number of hydrogen-bond donors (Lipinski definition) is 2. The molecular formula is C7H14N2O2. The standard InChI is InChI=1S/C7H14N2O2/c1-3-9-7(11)5(2)4-6(8)10/h5H,3-4H2,1-2H3,(H2,8,10)(H,9,11). The first-order chi connectivity index (χ1) is 5.07. The van der Waals surface area contributed by atoms with E-state index in [2.05, 4.69) is 5.32 Å². The molecule has 0 aliphatic carbocycles. The van der Waals surface area contributed by atoms with E-state index in [1.54, 1.807) is 6.92 Å². The second-order valence-electron chi connectivity index (χ2n) is 2.47. The van der Waals surface area contributed by atoms with Gasteiger partial charge in [-0.05, 0) is 6.92 Å². The summed E-state index contributed by atoms with van der Waals surface area (Å²) in [5.74, 6) is -0.873. The molecular weight excluding hydrogens is 144 g/mol. The molecule has 4 nitrogen and oxygen atoms in total. The number of primary amides is 1. The minimum absolute atomic E-state index is 0.117. The van der Waals surface area contributed by atoms with Gasteiger partial charge in [0.2, 0.25) is 11.8 Å². The molecule has 0 aliphatic rings. The molecule has 64 valence electrons. The molecule has 0 aromatic carbocycles. The Hall–Kier alpha value is -1.06. The fourth-order valence-corrected chi connectivity index (χ4v) is 0.743. The van der Waals surface area contributed by atoms with E-state index in [4.69, 9.17) is 5.73 Å². The van der Waals surface area contributed by atoms with Crippen LogP contribution >= 0.6 is 0 Å². The molecule has 0 radical (unpaired) electrons. The molecule has 11 heavy (non-hydrogen) atoms. The Morgan fingerprint density at radius 3 is 2.45 bits per heavy atom. The predicted octanol–water partition coefficient (Wildman–Crippen LogP) is -0.366. The van der Waals surface area contributed by atoms with Gasteiger partial charge in [-0.2, -0.15) is 0 Å². The molecule has 0 aromatic rings. The molecule has 0 aromatic heterocycles. The van der Waals surface area contributed by atoms with Crippen molar-refractivity contribution in [3.05, 3.63) is 0 Å². The van der Waals surface area contributed by atoms with Crippen molar-refractivity contribution in [2.75, 3.05) is 6.54 Å². The van der Waals surface area contributed by atoms with Crippen molar-refractivity contribution in [2.45, 2.75) is 20.3 Å². The van der Waals surface area contributed by atoms with Crippen LogP contribution in [0.15, 0.2) is 0 Å². The van der Waals surface area contributed by atoms with E-state index in [1.165, 1.54) is 0 Å². The fraction of sp³-hybridized carbons (Fsp3) is 0.714. The van der Waals surface area contributed by atoms with E-state index in [0.717, 1.165) is 0 Å². The van der Waals surface area contributed by atoms with Crippen molar-refractivity contribution < 1.29 is 9.59 Å². The summed E-state index contributed by atoms with van der Waals surface area (Å²) in [4.78, 5) is 21.3. The summed E-state index contributed by atoms with van der Waals surface area (Å²) < 4.78 is 0. The molecule has 2 amide bonds. The molecule has 0 saturated carbocycles. The largest absolute Gasteiger partial charge is 0.370 e. The maximum atomic E-state index is 11.0. The highest BCUT2D eigenvalue weighted by molar-refractivity contribution is 5.84. The van der Waals surface area contributed by atoms with Crippen LogP contribution < -0.4 is 11.1 Å². The zero-order chi connectivity index (χ0) is 8.85. The number of carbonyl (C=O) groups excluding carboxylic acids is 2. The molecule has 0 bridgehead atoms. The van der Waals surface area contributed by atoms with Gasteiger partial charge in [0.05, 0.1) is 0 Å². The molecule has 0 aliphatic heterocycles. The first-order valence-electron chi connectivity index (χ1n) is 3.64. The van der Waals surface area contributed by atoms with Gasteiger partial charge in [-0.25, -0.2) is 0 Å².